The number of carbonyl (C=O) groups excluding carboxylic acids is 4. The lowest BCUT2D eigenvalue weighted by Crippen LogP contribution is -2.50. The molecule has 13 nitrogen and oxygen atoms in total. The fourth-order valence-corrected chi connectivity index (χ4v) is 5.46. The Bertz CT molecular complexity index is 773. The number of esters is 4. The maximum Gasteiger partial charge on any atom is 0.533 e. The zero-order valence-corrected chi connectivity index (χ0v) is 29.5. The maximum atomic E-state index is 12.2. The second kappa shape index (κ2) is 22.3. The minimum Gasteiger partial charge on any atom is -0.505 e. The Morgan fingerprint density at radius 3 is 0.848 bits per heavy atom. The van der Waals surface area contributed by atoms with Crippen LogP contribution in [0.15, 0.2) is 0 Å². The number of nitrogens with zero attached hydrogens (tertiary/aromatic N) is 1. The lowest BCUT2D eigenvalue weighted by Gasteiger charge is -2.39. The normalized spacial score (nSPS) is 21.7. The molecule has 4 atom stereocenters. The highest BCUT2D eigenvalue weighted by Gasteiger charge is 2.61. The van der Waals surface area contributed by atoms with Gasteiger partial charge in [-0.25, -0.2) is 19.2 Å². The third-order valence-corrected chi connectivity index (χ3v) is 7.82. The van der Waals surface area contributed by atoms with Crippen LogP contribution in [0.2, 0.25) is 0 Å². The van der Waals surface area contributed by atoms with Crippen molar-refractivity contribution in [2.75, 3.05) is 52.6 Å². The van der Waals surface area contributed by atoms with Gasteiger partial charge in [0.25, 0.3) is 0 Å². The van der Waals surface area contributed by atoms with Crippen molar-refractivity contribution in [3.63, 3.8) is 0 Å². The van der Waals surface area contributed by atoms with E-state index < -0.39 is 55.3 Å². The molecule has 0 aromatic carbocycles. The molecule has 0 aromatic heterocycles. The Labute approximate surface area is 275 Å². The molecular weight excluding hydrogens is 601 g/mol. The predicted octanol–water partition coefficient (Wildman–Crippen LogP) is 4.25. The molecular formula is C32H60BNO12. The zero-order chi connectivity index (χ0) is 34.6. The van der Waals surface area contributed by atoms with Gasteiger partial charge < -0.3 is 42.0 Å². The average Bonchev–Trinajstić information content (AvgIpc) is 3.62. The number of hydrogen-bond donors (Lipinski definition) is 0. The van der Waals surface area contributed by atoms with E-state index in [-0.39, 0.29) is 26.4 Å². The first-order valence-electron chi connectivity index (χ1n) is 17.4. The molecule has 2 rings (SSSR count). The Morgan fingerprint density at radius 2 is 0.674 bits per heavy atom. The minimum absolute atomic E-state index is 0.00680. The molecule has 0 aromatic rings. The van der Waals surface area contributed by atoms with Crippen molar-refractivity contribution in [1.29, 1.82) is 0 Å². The molecule has 0 bridgehead atoms. The first-order valence-corrected chi connectivity index (χ1v) is 17.4. The third-order valence-electron chi connectivity index (χ3n) is 7.82. The van der Waals surface area contributed by atoms with Crippen LogP contribution in [-0.4, -0.2) is 112 Å². The summed E-state index contributed by atoms with van der Waals surface area (Å²) >= 11 is 0. The number of rotatable bonds is 20. The smallest absolute Gasteiger partial charge is 0.505 e. The van der Waals surface area contributed by atoms with Gasteiger partial charge in [0.2, 0.25) is 0 Å². The van der Waals surface area contributed by atoms with Crippen LogP contribution in [-0.2, 0) is 56.7 Å². The molecule has 2 aliphatic heterocycles. The quantitative estimate of drug-likeness (QED) is 0.0797. The van der Waals surface area contributed by atoms with Gasteiger partial charge in [0.15, 0.2) is 24.4 Å². The second-order valence-electron chi connectivity index (χ2n) is 11.5. The van der Waals surface area contributed by atoms with E-state index >= 15 is 0 Å². The van der Waals surface area contributed by atoms with Crippen molar-refractivity contribution in [3.05, 3.63) is 0 Å². The summed E-state index contributed by atoms with van der Waals surface area (Å²) in [6.07, 6.45) is 4.72. The summed E-state index contributed by atoms with van der Waals surface area (Å²) in [6.45, 7) is 18.0. The highest BCUT2D eigenvalue weighted by molar-refractivity contribution is 6.56. The molecule has 2 aliphatic rings. The largest absolute Gasteiger partial charge is 0.533 e. The lowest BCUT2D eigenvalue weighted by atomic mass is 10.1. The van der Waals surface area contributed by atoms with Crippen LogP contribution in [0.1, 0.15) is 107 Å². The molecule has 0 aliphatic carbocycles. The van der Waals surface area contributed by atoms with Crippen LogP contribution in [0.25, 0.3) is 0 Å². The molecule has 268 valence electrons. The molecule has 46 heavy (non-hydrogen) atoms. The molecule has 2 heterocycles. The number of quaternary nitrogens is 1. The number of unbranched alkanes of at least 4 members (excludes halogenated alkanes) is 4. The summed E-state index contributed by atoms with van der Waals surface area (Å²) in [5, 5.41) is 0. The zero-order valence-electron chi connectivity index (χ0n) is 29.5. The van der Waals surface area contributed by atoms with Gasteiger partial charge in [-0.2, -0.15) is 0 Å². The van der Waals surface area contributed by atoms with E-state index in [1.807, 2.05) is 0 Å². The van der Waals surface area contributed by atoms with Crippen LogP contribution in [0.4, 0.5) is 0 Å². The van der Waals surface area contributed by atoms with Crippen LogP contribution in [0.3, 0.4) is 0 Å². The fourth-order valence-electron chi connectivity index (χ4n) is 5.46. The average molecular weight is 662 g/mol. The van der Waals surface area contributed by atoms with Gasteiger partial charge in [-0.3, -0.25) is 0 Å². The summed E-state index contributed by atoms with van der Waals surface area (Å²) < 4.78 is 42.6. The van der Waals surface area contributed by atoms with E-state index in [0.29, 0.717) is 0 Å². The molecule has 0 saturated carbocycles. The standard InChI is InChI=1S/C16H24BO12.C16H36N/c1-5-22-13(18)9-10(14(19)23-6-2)27-17(26-9)28-11(15(20)24-7-3)12(29-17)16(21)25-8-4;1-5-9-13-17(14-10-6-2,15-11-7-3)16-12-8-4/h9-12H,5-8H2,1-4H3;5-16H2,1-4H3/q-1;+1/t9-,10-,11-,12-;/m1./s1. The van der Waals surface area contributed by atoms with E-state index in [4.69, 9.17) is 37.6 Å². The van der Waals surface area contributed by atoms with Crippen LogP contribution in [0, 0.1) is 0 Å². The monoisotopic (exact) mass is 661 g/mol. The van der Waals surface area contributed by atoms with Gasteiger partial charge in [0, 0.05) is 0 Å². The van der Waals surface area contributed by atoms with E-state index in [1.165, 1.54) is 82.0 Å². The Hall–Kier alpha value is -2.26. The summed E-state index contributed by atoms with van der Waals surface area (Å²) in [5.74, 6) is -3.71. The number of ether oxygens (including phenoxy) is 4. The van der Waals surface area contributed by atoms with Crippen LogP contribution < -0.4 is 0 Å². The highest BCUT2D eigenvalue weighted by atomic mass is 16.9. The molecule has 0 unspecified atom stereocenters. The summed E-state index contributed by atoms with van der Waals surface area (Å²) in [6, 6.07) is 0. The summed E-state index contributed by atoms with van der Waals surface area (Å²) in [5.41, 5.74) is 0. The van der Waals surface area contributed by atoms with E-state index in [2.05, 4.69) is 27.7 Å². The van der Waals surface area contributed by atoms with Crippen molar-refractivity contribution < 1.29 is 61.2 Å². The van der Waals surface area contributed by atoms with E-state index in [1.54, 1.807) is 27.7 Å². The Balaban J connectivity index is 0.000000533. The van der Waals surface area contributed by atoms with Crippen LogP contribution in [0.5, 0.6) is 0 Å². The molecule has 1 spiro atoms. The minimum atomic E-state index is -3.31. The van der Waals surface area contributed by atoms with Gasteiger partial charge in [-0.15, -0.1) is 0 Å². The Kier molecular flexibility index (Phi) is 20.3. The van der Waals surface area contributed by atoms with Crippen molar-refractivity contribution in [3.8, 4) is 0 Å². The highest BCUT2D eigenvalue weighted by Crippen LogP contribution is 2.37. The Morgan fingerprint density at radius 1 is 0.457 bits per heavy atom. The van der Waals surface area contributed by atoms with Gasteiger partial charge in [-0.1, -0.05) is 53.4 Å². The number of carbonyl (C=O) groups is 4. The second-order valence-corrected chi connectivity index (χ2v) is 11.5. The summed E-state index contributed by atoms with van der Waals surface area (Å²) in [7, 11) is 0. The molecule has 0 amide bonds. The molecule has 14 heteroatoms. The maximum absolute atomic E-state index is 12.2. The molecule has 2 saturated heterocycles. The number of hydrogen-bond acceptors (Lipinski definition) is 12. The van der Waals surface area contributed by atoms with Crippen molar-refractivity contribution in [1.82, 2.24) is 0 Å². The van der Waals surface area contributed by atoms with Crippen LogP contribution >= 0.6 is 0 Å². The summed E-state index contributed by atoms with van der Waals surface area (Å²) in [4.78, 5) is 48.9. The molecule has 2 fully saturated rings. The van der Waals surface area contributed by atoms with Gasteiger partial charge >= 0.3 is 30.8 Å². The van der Waals surface area contributed by atoms with Gasteiger partial charge in [0.05, 0.1) is 52.6 Å². The topological polar surface area (TPSA) is 142 Å². The van der Waals surface area contributed by atoms with Gasteiger partial charge in [0.1, 0.15) is 0 Å². The van der Waals surface area contributed by atoms with E-state index in [0.717, 1.165) is 0 Å². The molecule has 0 radical (unpaired) electrons. The van der Waals surface area contributed by atoms with E-state index in [9.17, 15) is 19.2 Å². The first kappa shape index (κ1) is 41.8. The SMILES string of the molecule is CCCC[N+](CCCC)(CCCC)CCCC.CCOC(=O)[C@@H]1O[B-]2(O[C@H]1C(=O)OCC)O[C@@H](C(=O)OCC)[C@H](C(=O)OCC)O2. The van der Waals surface area contributed by atoms with Crippen molar-refractivity contribution in [2.45, 2.75) is 131 Å². The fraction of sp³-hybridized carbons (Fsp3) is 0.875. The third kappa shape index (κ3) is 12.7. The first-order chi connectivity index (χ1) is 22.1. The van der Waals surface area contributed by atoms with Gasteiger partial charge in [-0.05, 0) is 53.4 Å². The van der Waals surface area contributed by atoms with Crippen molar-refractivity contribution in [2.24, 2.45) is 0 Å². The molecule has 0 N–H and O–H groups in total. The lowest BCUT2D eigenvalue weighted by molar-refractivity contribution is -0.929. The van der Waals surface area contributed by atoms with Crippen molar-refractivity contribution >= 4 is 30.8 Å². The predicted molar refractivity (Wildman–Crippen MR) is 171 cm³/mol.